The molecule has 1 rings (SSSR count). The molecule has 0 heterocycles. The molecule has 0 aromatic heterocycles. The quantitative estimate of drug-likeness (QED) is 0.668. The van der Waals surface area contributed by atoms with Gasteiger partial charge in [0.15, 0.2) is 0 Å². The summed E-state index contributed by atoms with van der Waals surface area (Å²) in [6, 6.07) is 3.51. The van der Waals surface area contributed by atoms with Crippen LogP contribution >= 0.6 is 0 Å². The molecule has 1 atom stereocenters. The Balaban J connectivity index is 3.08. The van der Waals surface area contributed by atoms with Crippen LogP contribution in [0.4, 0.5) is 0 Å². The van der Waals surface area contributed by atoms with Crippen LogP contribution in [-0.2, 0) is 10.0 Å². The van der Waals surface area contributed by atoms with Crippen LogP contribution < -0.4 is 9.46 Å². The number of hydrogen-bond acceptors (Lipinski definition) is 5. The molecule has 1 aromatic carbocycles. The van der Waals surface area contributed by atoms with Gasteiger partial charge < -0.3 is 14.9 Å². The molecule has 0 fully saturated rings. The van der Waals surface area contributed by atoms with Crippen molar-refractivity contribution in [1.29, 1.82) is 0 Å². The van der Waals surface area contributed by atoms with Crippen molar-refractivity contribution < 1.29 is 28.2 Å². The number of carboxylic acids is 1. The van der Waals surface area contributed by atoms with E-state index in [-0.39, 0.29) is 35.3 Å². The van der Waals surface area contributed by atoms with E-state index in [0.717, 1.165) is 6.07 Å². The lowest BCUT2D eigenvalue weighted by Gasteiger charge is -2.13. The molecular weight excluding hydrogens is 286 g/mol. The Morgan fingerprint density at radius 2 is 2.10 bits per heavy atom. The van der Waals surface area contributed by atoms with E-state index in [1.807, 2.05) is 0 Å². The minimum atomic E-state index is -3.83. The average molecular weight is 303 g/mol. The van der Waals surface area contributed by atoms with E-state index in [1.165, 1.54) is 19.2 Å². The van der Waals surface area contributed by atoms with Gasteiger partial charge in [-0.25, -0.2) is 17.9 Å². The number of aromatic carboxylic acids is 1. The summed E-state index contributed by atoms with van der Waals surface area (Å²) in [7, 11) is -2.57. The lowest BCUT2D eigenvalue weighted by molar-refractivity contribution is 0.0696. The highest BCUT2D eigenvalue weighted by atomic mass is 32.2. The second-order valence-corrected chi connectivity index (χ2v) is 6.05. The number of methoxy groups -OCH3 is 1. The van der Waals surface area contributed by atoms with Gasteiger partial charge in [-0.15, -0.1) is 0 Å². The van der Waals surface area contributed by atoms with Crippen LogP contribution in [0.2, 0.25) is 0 Å². The number of carboxylic acid groups (broad SMARTS) is 1. The minimum absolute atomic E-state index is 0.0472. The van der Waals surface area contributed by atoms with Crippen molar-refractivity contribution in [2.24, 2.45) is 5.92 Å². The van der Waals surface area contributed by atoms with Gasteiger partial charge in [0.05, 0.1) is 12.7 Å². The van der Waals surface area contributed by atoms with Crippen molar-refractivity contribution in [1.82, 2.24) is 4.72 Å². The van der Waals surface area contributed by atoms with Gasteiger partial charge in [0.1, 0.15) is 10.6 Å². The van der Waals surface area contributed by atoms with E-state index >= 15 is 0 Å². The monoisotopic (exact) mass is 303 g/mol. The van der Waals surface area contributed by atoms with Crippen LogP contribution in [0.3, 0.4) is 0 Å². The van der Waals surface area contributed by atoms with Crippen LogP contribution in [0.25, 0.3) is 0 Å². The number of aliphatic hydroxyl groups excluding tert-OH is 1. The first-order valence-electron chi connectivity index (χ1n) is 5.83. The number of aliphatic hydroxyl groups is 1. The average Bonchev–Trinajstić information content (AvgIpc) is 2.43. The summed E-state index contributed by atoms with van der Waals surface area (Å²) in [6.07, 6.45) is 0. The number of carbonyl (C=O) groups is 1. The van der Waals surface area contributed by atoms with Gasteiger partial charge in [0.25, 0.3) is 0 Å². The van der Waals surface area contributed by atoms with Crippen molar-refractivity contribution in [2.45, 2.75) is 11.8 Å². The Hall–Kier alpha value is -1.64. The molecule has 20 heavy (non-hydrogen) atoms. The van der Waals surface area contributed by atoms with Crippen molar-refractivity contribution in [3.63, 3.8) is 0 Å². The molecule has 0 aliphatic rings. The molecule has 7 nitrogen and oxygen atoms in total. The Morgan fingerprint density at radius 3 is 2.60 bits per heavy atom. The smallest absolute Gasteiger partial charge is 0.335 e. The third-order valence-corrected chi connectivity index (χ3v) is 4.10. The largest absolute Gasteiger partial charge is 0.495 e. The van der Waals surface area contributed by atoms with Crippen LogP contribution in [0.15, 0.2) is 23.1 Å². The fourth-order valence-corrected chi connectivity index (χ4v) is 2.73. The van der Waals surface area contributed by atoms with Crippen LogP contribution in [0.5, 0.6) is 5.75 Å². The molecule has 0 amide bonds. The number of hydrogen-bond donors (Lipinski definition) is 3. The Labute approximate surface area is 117 Å². The second kappa shape index (κ2) is 6.69. The van der Waals surface area contributed by atoms with E-state index in [1.54, 1.807) is 6.92 Å². The van der Waals surface area contributed by atoms with E-state index in [2.05, 4.69) is 4.72 Å². The summed E-state index contributed by atoms with van der Waals surface area (Å²) in [6.45, 7) is 1.62. The number of benzene rings is 1. The van der Waals surface area contributed by atoms with Crippen LogP contribution in [0, 0.1) is 5.92 Å². The van der Waals surface area contributed by atoms with E-state index < -0.39 is 16.0 Å². The van der Waals surface area contributed by atoms with Gasteiger partial charge in [-0.1, -0.05) is 6.92 Å². The fourth-order valence-electron chi connectivity index (χ4n) is 1.42. The first-order valence-corrected chi connectivity index (χ1v) is 7.32. The number of ether oxygens (including phenoxy) is 1. The fraction of sp³-hybridized carbons (Fsp3) is 0.417. The maximum atomic E-state index is 12.1. The first kappa shape index (κ1) is 16.4. The third-order valence-electron chi connectivity index (χ3n) is 2.63. The van der Waals surface area contributed by atoms with E-state index in [9.17, 15) is 13.2 Å². The normalized spacial score (nSPS) is 12.9. The van der Waals surface area contributed by atoms with Crippen LogP contribution in [-0.4, -0.2) is 44.9 Å². The molecule has 0 bridgehead atoms. The minimum Gasteiger partial charge on any atom is -0.495 e. The van der Waals surface area contributed by atoms with Gasteiger partial charge in [-0.05, 0) is 24.1 Å². The molecule has 0 saturated carbocycles. The molecule has 1 unspecified atom stereocenters. The van der Waals surface area contributed by atoms with Crippen molar-refractivity contribution >= 4 is 16.0 Å². The Bertz CT molecular complexity index is 584. The number of sulfonamides is 1. The summed E-state index contributed by atoms with van der Waals surface area (Å²) in [4.78, 5) is 10.7. The zero-order valence-corrected chi connectivity index (χ0v) is 12.0. The van der Waals surface area contributed by atoms with E-state index in [0.29, 0.717) is 0 Å². The molecule has 0 saturated heterocycles. The SMILES string of the molecule is COc1cc(C(=O)O)ccc1S(=O)(=O)NCC(C)CO. The molecule has 0 aliphatic carbocycles. The summed E-state index contributed by atoms with van der Waals surface area (Å²) in [5.74, 6) is -1.45. The topological polar surface area (TPSA) is 113 Å². The van der Waals surface area contributed by atoms with Gasteiger partial charge in [0.2, 0.25) is 10.0 Å². The number of rotatable bonds is 7. The maximum absolute atomic E-state index is 12.1. The molecule has 8 heteroatoms. The lowest BCUT2D eigenvalue weighted by atomic mass is 10.2. The molecule has 0 spiro atoms. The Morgan fingerprint density at radius 1 is 1.45 bits per heavy atom. The summed E-state index contributed by atoms with van der Waals surface area (Å²) >= 11 is 0. The Kier molecular flexibility index (Phi) is 5.49. The first-order chi connectivity index (χ1) is 9.31. The highest BCUT2D eigenvalue weighted by Crippen LogP contribution is 2.25. The van der Waals surface area contributed by atoms with Gasteiger partial charge in [-0.3, -0.25) is 0 Å². The molecule has 3 N–H and O–H groups in total. The standard InChI is InChI=1S/C12H17NO6S/c1-8(7-14)6-13-20(17,18)11-4-3-9(12(15)16)5-10(11)19-2/h3-5,8,13-14H,6-7H2,1-2H3,(H,15,16). The second-order valence-electron chi connectivity index (χ2n) is 4.31. The van der Waals surface area contributed by atoms with Gasteiger partial charge in [0, 0.05) is 13.2 Å². The van der Waals surface area contributed by atoms with Gasteiger partial charge in [-0.2, -0.15) is 0 Å². The highest BCUT2D eigenvalue weighted by Gasteiger charge is 2.21. The lowest BCUT2D eigenvalue weighted by Crippen LogP contribution is -2.30. The molecule has 112 valence electrons. The van der Waals surface area contributed by atoms with Gasteiger partial charge >= 0.3 is 5.97 Å². The predicted molar refractivity (Wildman–Crippen MR) is 71.4 cm³/mol. The highest BCUT2D eigenvalue weighted by molar-refractivity contribution is 7.89. The summed E-state index contributed by atoms with van der Waals surface area (Å²) in [5, 5.41) is 17.7. The predicted octanol–water partition coefficient (Wildman–Crippen LogP) is 0.300. The zero-order chi connectivity index (χ0) is 15.3. The van der Waals surface area contributed by atoms with E-state index in [4.69, 9.17) is 14.9 Å². The summed E-state index contributed by atoms with van der Waals surface area (Å²) in [5.41, 5.74) is -0.0653. The van der Waals surface area contributed by atoms with Crippen molar-refractivity contribution in [3.8, 4) is 5.75 Å². The van der Waals surface area contributed by atoms with Crippen molar-refractivity contribution in [2.75, 3.05) is 20.3 Å². The number of nitrogens with one attached hydrogen (secondary N) is 1. The summed E-state index contributed by atoms with van der Waals surface area (Å²) < 4.78 is 31.4. The molecular formula is C12H17NO6S. The maximum Gasteiger partial charge on any atom is 0.335 e. The van der Waals surface area contributed by atoms with Crippen molar-refractivity contribution in [3.05, 3.63) is 23.8 Å². The third kappa shape index (κ3) is 3.92. The molecule has 0 aliphatic heterocycles. The zero-order valence-electron chi connectivity index (χ0n) is 11.2. The van der Waals surface area contributed by atoms with Crippen LogP contribution in [0.1, 0.15) is 17.3 Å². The molecule has 0 radical (unpaired) electrons. The molecule has 1 aromatic rings.